The number of aromatic nitrogens is 3. The van der Waals surface area contributed by atoms with Crippen molar-refractivity contribution in [3.05, 3.63) is 54.6 Å². The molecule has 4 rings (SSSR count). The molecule has 1 fully saturated rings. The van der Waals surface area contributed by atoms with E-state index in [1.807, 2.05) is 71.0 Å². The van der Waals surface area contributed by atoms with E-state index in [4.69, 9.17) is 4.74 Å². The second-order valence-corrected chi connectivity index (χ2v) is 9.02. The Morgan fingerprint density at radius 2 is 1.74 bits per heavy atom. The summed E-state index contributed by atoms with van der Waals surface area (Å²) in [4.78, 5) is 15.1. The van der Waals surface area contributed by atoms with Gasteiger partial charge in [-0.05, 0) is 44.0 Å². The van der Waals surface area contributed by atoms with Crippen LogP contribution in [0.2, 0.25) is 0 Å². The molecule has 1 aliphatic rings. The summed E-state index contributed by atoms with van der Waals surface area (Å²) in [6, 6.07) is 17.8. The molecule has 1 amide bonds. The number of para-hydroxylation sites is 1. The number of nitrogens with zero attached hydrogens (tertiary/aromatic N) is 4. The summed E-state index contributed by atoms with van der Waals surface area (Å²) in [5.74, 6) is 1.67. The average molecular weight is 437 g/mol. The van der Waals surface area contributed by atoms with Crippen LogP contribution in [0.25, 0.3) is 17.1 Å². The first kappa shape index (κ1) is 21.4. The van der Waals surface area contributed by atoms with Gasteiger partial charge >= 0.3 is 0 Å². The fraction of sp³-hybridized carbons (Fsp3) is 0.375. The standard InChI is InChI=1S/C24H28N4O2S/c1-18(23(29)27-15-8-3-4-9-16-27)31-24-26-25-22(19-11-10-14-21(17-19)30-2)28(24)20-12-6-5-7-13-20/h5-7,10-14,17-18H,3-4,8-9,15-16H2,1-2H3. The minimum absolute atomic E-state index is 0.178. The Balaban J connectivity index is 1.66. The normalized spacial score (nSPS) is 15.4. The van der Waals surface area contributed by atoms with Gasteiger partial charge in [-0.25, -0.2) is 0 Å². The van der Waals surface area contributed by atoms with Crippen LogP contribution in [-0.2, 0) is 4.79 Å². The van der Waals surface area contributed by atoms with E-state index >= 15 is 0 Å². The summed E-state index contributed by atoms with van der Waals surface area (Å²) >= 11 is 1.47. The van der Waals surface area contributed by atoms with Crippen LogP contribution in [0.1, 0.15) is 32.6 Å². The molecular weight excluding hydrogens is 408 g/mol. The fourth-order valence-corrected chi connectivity index (χ4v) is 4.81. The highest BCUT2D eigenvalue weighted by atomic mass is 32.2. The fourth-order valence-electron chi connectivity index (χ4n) is 3.86. The molecule has 1 unspecified atom stereocenters. The Bertz CT molecular complexity index is 1010. The third kappa shape index (κ3) is 4.93. The molecule has 7 heteroatoms. The number of carbonyl (C=O) groups excluding carboxylic acids is 1. The largest absolute Gasteiger partial charge is 0.497 e. The van der Waals surface area contributed by atoms with Gasteiger partial charge in [0.05, 0.1) is 12.4 Å². The van der Waals surface area contributed by atoms with Crippen molar-refractivity contribution >= 4 is 17.7 Å². The van der Waals surface area contributed by atoms with E-state index in [-0.39, 0.29) is 11.2 Å². The average Bonchev–Trinajstić information content (AvgIpc) is 3.03. The zero-order chi connectivity index (χ0) is 21.6. The van der Waals surface area contributed by atoms with Crippen molar-refractivity contribution in [2.75, 3.05) is 20.2 Å². The molecule has 6 nitrogen and oxygen atoms in total. The number of rotatable bonds is 6. The molecule has 0 bridgehead atoms. The lowest BCUT2D eigenvalue weighted by atomic mass is 10.2. The van der Waals surface area contributed by atoms with Gasteiger partial charge in [0, 0.05) is 24.3 Å². The van der Waals surface area contributed by atoms with Crippen LogP contribution in [0.4, 0.5) is 0 Å². The monoisotopic (exact) mass is 436 g/mol. The first-order chi connectivity index (χ1) is 15.2. The molecule has 2 heterocycles. The van der Waals surface area contributed by atoms with Crippen molar-refractivity contribution in [2.24, 2.45) is 0 Å². The Hall–Kier alpha value is -2.80. The lowest BCUT2D eigenvalue weighted by molar-refractivity contribution is -0.130. The Kier molecular flexibility index (Phi) is 6.92. The van der Waals surface area contributed by atoms with Crippen molar-refractivity contribution in [2.45, 2.75) is 43.0 Å². The first-order valence-electron chi connectivity index (χ1n) is 10.8. The number of hydrogen-bond acceptors (Lipinski definition) is 5. The predicted octanol–water partition coefficient (Wildman–Crippen LogP) is 4.83. The Morgan fingerprint density at radius 1 is 1.00 bits per heavy atom. The van der Waals surface area contributed by atoms with Gasteiger partial charge in [0.15, 0.2) is 11.0 Å². The molecule has 0 N–H and O–H groups in total. The van der Waals surface area contributed by atoms with Crippen LogP contribution in [0.5, 0.6) is 5.75 Å². The molecule has 3 aromatic rings. The second kappa shape index (κ2) is 10.0. The number of methoxy groups -OCH3 is 1. The van der Waals surface area contributed by atoms with Crippen molar-refractivity contribution in [1.82, 2.24) is 19.7 Å². The highest BCUT2D eigenvalue weighted by molar-refractivity contribution is 8.00. The number of amides is 1. The van der Waals surface area contributed by atoms with Crippen LogP contribution in [0.3, 0.4) is 0 Å². The van der Waals surface area contributed by atoms with Gasteiger partial charge in [-0.15, -0.1) is 10.2 Å². The molecule has 0 spiro atoms. The molecule has 1 aromatic heterocycles. The highest BCUT2D eigenvalue weighted by Crippen LogP contribution is 2.32. The summed E-state index contributed by atoms with van der Waals surface area (Å²) in [7, 11) is 1.65. The third-order valence-electron chi connectivity index (χ3n) is 5.52. The van der Waals surface area contributed by atoms with Crippen LogP contribution in [-0.4, -0.2) is 51.0 Å². The summed E-state index contributed by atoms with van der Waals surface area (Å²) in [5, 5.41) is 9.44. The van der Waals surface area contributed by atoms with E-state index in [2.05, 4.69) is 10.2 Å². The SMILES string of the molecule is COc1cccc(-c2nnc(SC(C)C(=O)N3CCCCCC3)n2-c2ccccc2)c1. The zero-order valence-electron chi connectivity index (χ0n) is 18.0. The lowest BCUT2D eigenvalue weighted by Gasteiger charge is -2.23. The molecule has 31 heavy (non-hydrogen) atoms. The number of ether oxygens (including phenoxy) is 1. The maximum Gasteiger partial charge on any atom is 0.235 e. The molecule has 1 atom stereocenters. The third-order valence-corrected chi connectivity index (χ3v) is 6.55. The number of carbonyl (C=O) groups is 1. The van der Waals surface area contributed by atoms with Crippen LogP contribution in [0, 0.1) is 0 Å². The van der Waals surface area contributed by atoms with Crippen molar-refractivity contribution in [1.29, 1.82) is 0 Å². The topological polar surface area (TPSA) is 60.3 Å². The smallest absolute Gasteiger partial charge is 0.235 e. The zero-order valence-corrected chi connectivity index (χ0v) is 18.8. The molecule has 1 aliphatic heterocycles. The minimum atomic E-state index is -0.233. The summed E-state index contributed by atoms with van der Waals surface area (Å²) in [6.07, 6.45) is 4.59. The molecule has 2 aromatic carbocycles. The number of likely N-dealkylation sites (tertiary alicyclic amines) is 1. The van der Waals surface area contributed by atoms with Gasteiger partial charge in [-0.1, -0.05) is 54.9 Å². The minimum Gasteiger partial charge on any atom is -0.497 e. The maximum absolute atomic E-state index is 13.1. The van der Waals surface area contributed by atoms with E-state index in [0.717, 1.165) is 48.8 Å². The molecular formula is C24H28N4O2S. The van der Waals surface area contributed by atoms with Gasteiger partial charge < -0.3 is 9.64 Å². The number of benzene rings is 2. The number of thioether (sulfide) groups is 1. The molecule has 1 saturated heterocycles. The van der Waals surface area contributed by atoms with Gasteiger partial charge in [0.2, 0.25) is 5.91 Å². The van der Waals surface area contributed by atoms with Crippen molar-refractivity contribution in [3.63, 3.8) is 0 Å². The van der Waals surface area contributed by atoms with E-state index in [9.17, 15) is 4.79 Å². The van der Waals surface area contributed by atoms with E-state index < -0.39 is 0 Å². The van der Waals surface area contributed by atoms with E-state index in [0.29, 0.717) is 5.16 Å². The first-order valence-corrected chi connectivity index (χ1v) is 11.7. The van der Waals surface area contributed by atoms with Crippen LogP contribution in [0.15, 0.2) is 59.8 Å². The second-order valence-electron chi connectivity index (χ2n) is 7.71. The molecule has 0 saturated carbocycles. The van der Waals surface area contributed by atoms with Gasteiger partial charge in [-0.2, -0.15) is 0 Å². The number of hydrogen-bond donors (Lipinski definition) is 0. The Labute approximate surface area is 187 Å². The van der Waals surface area contributed by atoms with E-state index in [1.165, 1.54) is 24.6 Å². The van der Waals surface area contributed by atoms with Gasteiger partial charge in [0.25, 0.3) is 0 Å². The van der Waals surface area contributed by atoms with Crippen molar-refractivity contribution in [3.8, 4) is 22.8 Å². The van der Waals surface area contributed by atoms with E-state index in [1.54, 1.807) is 7.11 Å². The Morgan fingerprint density at radius 3 is 2.45 bits per heavy atom. The predicted molar refractivity (Wildman–Crippen MR) is 124 cm³/mol. The summed E-state index contributed by atoms with van der Waals surface area (Å²) in [6.45, 7) is 3.67. The van der Waals surface area contributed by atoms with Gasteiger partial charge in [0.1, 0.15) is 5.75 Å². The molecule has 0 aliphatic carbocycles. The summed E-state index contributed by atoms with van der Waals surface area (Å²) in [5.41, 5.74) is 1.87. The quantitative estimate of drug-likeness (QED) is 0.518. The van der Waals surface area contributed by atoms with Crippen LogP contribution < -0.4 is 4.74 Å². The van der Waals surface area contributed by atoms with Crippen LogP contribution >= 0.6 is 11.8 Å². The molecule has 0 radical (unpaired) electrons. The maximum atomic E-state index is 13.1. The van der Waals surface area contributed by atoms with Crippen molar-refractivity contribution < 1.29 is 9.53 Å². The molecule has 162 valence electrons. The highest BCUT2D eigenvalue weighted by Gasteiger charge is 2.26. The van der Waals surface area contributed by atoms with Gasteiger partial charge in [-0.3, -0.25) is 9.36 Å². The lowest BCUT2D eigenvalue weighted by Crippen LogP contribution is -2.37. The summed E-state index contributed by atoms with van der Waals surface area (Å²) < 4.78 is 7.41.